The fourth-order valence-electron chi connectivity index (χ4n) is 2.84. The summed E-state index contributed by atoms with van der Waals surface area (Å²) in [5.74, 6) is -0.810. The van der Waals surface area contributed by atoms with Crippen LogP contribution in [0.25, 0.3) is 0 Å². The number of β-lactam (4-membered cyclic amide) rings is 1. The minimum absolute atomic E-state index is 0.0183. The minimum atomic E-state index is -0.555. The van der Waals surface area contributed by atoms with Crippen molar-refractivity contribution in [1.82, 2.24) is 5.32 Å². The van der Waals surface area contributed by atoms with Crippen LogP contribution < -0.4 is 15.5 Å². The lowest BCUT2D eigenvalue weighted by molar-refractivity contribution is -0.384. The van der Waals surface area contributed by atoms with Crippen molar-refractivity contribution < 1.29 is 18.9 Å². The topological polar surface area (TPSA) is 105 Å². The van der Waals surface area contributed by atoms with E-state index in [4.69, 9.17) is 0 Å². The second kappa shape index (κ2) is 8.47. The highest BCUT2D eigenvalue weighted by molar-refractivity contribution is 6.05. The summed E-state index contributed by atoms with van der Waals surface area (Å²) in [5.41, 5.74) is 1.35. The third kappa shape index (κ3) is 4.61. The molecular formula is C19H19FN4O4. The van der Waals surface area contributed by atoms with Crippen molar-refractivity contribution in [2.24, 2.45) is 0 Å². The van der Waals surface area contributed by atoms with Crippen LogP contribution in [0.2, 0.25) is 0 Å². The number of anilines is 2. The van der Waals surface area contributed by atoms with Gasteiger partial charge in [-0.15, -0.1) is 0 Å². The predicted octanol–water partition coefficient (Wildman–Crippen LogP) is 2.46. The highest BCUT2D eigenvalue weighted by atomic mass is 19.1. The Bertz CT molecular complexity index is 871. The van der Waals surface area contributed by atoms with E-state index < -0.39 is 11.0 Å². The molecule has 2 amide bonds. The van der Waals surface area contributed by atoms with Gasteiger partial charge in [-0.3, -0.25) is 19.7 Å². The summed E-state index contributed by atoms with van der Waals surface area (Å²) >= 11 is 0. The van der Waals surface area contributed by atoms with Gasteiger partial charge in [-0.05, 0) is 42.8 Å². The lowest BCUT2D eigenvalue weighted by atomic mass is 10.1. The Morgan fingerprint density at radius 1 is 1.18 bits per heavy atom. The molecule has 1 heterocycles. The molecule has 1 fully saturated rings. The number of nitrogens with zero attached hydrogens (tertiary/aromatic N) is 2. The van der Waals surface area contributed by atoms with Crippen LogP contribution >= 0.6 is 0 Å². The molecule has 1 atom stereocenters. The fraction of sp³-hybridized carbons (Fsp3) is 0.263. The number of hydrogen-bond donors (Lipinski definition) is 2. The van der Waals surface area contributed by atoms with Gasteiger partial charge in [0, 0.05) is 36.5 Å². The Balaban J connectivity index is 1.35. The van der Waals surface area contributed by atoms with Crippen LogP contribution in [0.1, 0.15) is 12.8 Å². The van der Waals surface area contributed by atoms with Crippen LogP contribution in [0.4, 0.5) is 21.5 Å². The molecule has 2 N–H and O–H groups in total. The number of nitro benzene ring substituents is 1. The molecule has 1 saturated heterocycles. The second-order valence-corrected chi connectivity index (χ2v) is 6.38. The SMILES string of the molecule is O=C(CCCNc1ccc([N+](=O)[O-])cc1)N[C@@H]1CN(c2ccc(F)cc2)C1=O. The third-order valence-electron chi connectivity index (χ3n) is 4.39. The number of nitro groups is 1. The molecule has 0 aromatic heterocycles. The van der Waals surface area contributed by atoms with Crippen LogP contribution in [0.5, 0.6) is 0 Å². The van der Waals surface area contributed by atoms with Crippen LogP contribution in [0.3, 0.4) is 0 Å². The van der Waals surface area contributed by atoms with Crippen molar-refractivity contribution in [2.75, 3.05) is 23.3 Å². The molecule has 8 nitrogen and oxygen atoms in total. The van der Waals surface area contributed by atoms with Crippen LogP contribution in [-0.4, -0.2) is 35.9 Å². The number of carbonyl (C=O) groups is 2. The molecule has 0 unspecified atom stereocenters. The number of hydrogen-bond acceptors (Lipinski definition) is 5. The molecule has 1 aliphatic rings. The first-order valence-corrected chi connectivity index (χ1v) is 8.78. The van der Waals surface area contributed by atoms with Crippen molar-refractivity contribution in [3.63, 3.8) is 0 Å². The van der Waals surface area contributed by atoms with Gasteiger partial charge in [0.15, 0.2) is 0 Å². The molecule has 28 heavy (non-hydrogen) atoms. The van der Waals surface area contributed by atoms with Crippen LogP contribution in [-0.2, 0) is 9.59 Å². The summed E-state index contributed by atoms with van der Waals surface area (Å²) in [6.07, 6.45) is 0.797. The maximum Gasteiger partial charge on any atom is 0.269 e. The monoisotopic (exact) mass is 386 g/mol. The number of nitrogens with one attached hydrogen (secondary N) is 2. The van der Waals surface area contributed by atoms with E-state index in [1.807, 2.05) is 0 Å². The zero-order chi connectivity index (χ0) is 20.1. The summed E-state index contributed by atoms with van der Waals surface area (Å²) in [6.45, 7) is 0.878. The van der Waals surface area contributed by atoms with E-state index in [0.29, 0.717) is 25.2 Å². The minimum Gasteiger partial charge on any atom is -0.385 e. The van der Waals surface area contributed by atoms with Crippen molar-refractivity contribution >= 4 is 28.9 Å². The standard InChI is InChI=1S/C19H19FN4O4/c20-13-3-7-15(8-4-13)23-12-17(19(23)26)22-18(25)2-1-11-21-14-5-9-16(10-6-14)24(27)28/h3-10,17,21H,1-2,11-12H2,(H,22,25)/t17-/m1/s1. The molecule has 1 aliphatic heterocycles. The Kier molecular flexibility index (Phi) is 5.83. The maximum atomic E-state index is 12.9. The largest absolute Gasteiger partial charge is 0.385 e. The molecule has 9 heteroatoms. The highest BCUT2D eigenvalue weighted by Gasteiger charge is 2.38. The molecule has 146 valence electrons. The van der Waals surface area contributed by atoms with E-state index in [0.717, 1.165) is 5.69 Å². The molecule has 0 aliphatic carbocycles. The normalized spacial score (nSPS) is 15.7. The molecule has 0 spiro atoms. The Hall–Kier alpha value is -3.49. The van der Waals surface area contributed by atoms with Gasteiger partial charge in [0.05, 0.1) is 11.5 Å². The van der Waals surface area contributed by atoms with Gasteiger partial charge in [0.1, 0.15) is 11.9 Å². The lowest BCUT2D eigenvalue weighted by Gasteiger charge is -2.38. The summed E-state index contributed by atoms with van der Waals surface area (Å²) in [7, 11) is 0. The zero-order valence-electron chi connectivity index (χ0n) is 14.9. The summed E-state index contributed by atoms with van der Waals surface area (Å²) in [4.78, 5) is 35.7. The molecular weight excluding hydrogens is 367 g/mol. The van der Waals surface area contributed by atoms with E-state index in [2.05, 4.69) is 10.6 Å². The van der Waals surface area contributed by atoms with Crippen molar-refractivity contribution in [2.45, 2.75) is 18.9 Å². The first kappa shape index (κ1) is 19.3. The Labute approximate surface area is 160 Å². The van der Waals surface area contributed by atoms with Crippen molar-refractivity contribution in [3.05, 3.63) is 64.5 Å². The number of rotatable bonds is 8. The fourth-order valence-corrected chi connectivity index (χ4v) is 2.84. The molecule has 2 aromatic rings. The van der Waals surface area contributed by atoms with Crippen LogP contribution in [0, 0.1) is 15.9 Å². The molecule has 2 aromatic carbocycles. The molecule has 0 radical (unpaired) electrons. The number of halogens is 1. The van der Waals surface area contributed by atoms with E-state index in [-0.39, 0.29) is 29.7 Å². The van der Waals surface area contributed by atoms with Gasteiger partial charge in [0.2, 0.25) is 5.91 Å². The van der Waals surface area contributed by atoms with E-state index in [9.17, 15) is 24.1 Å². The third-order valence-corrected chi connectivity index (χ3v) is 4.39. The van der Waals surface area contributed by atoms with E-state index in [1.54, 1.807) is 12.1 Å². The van der Waals surface area contributed by atoms with Gasteiger partial charge in [0.25, 0.3) is 11.6 Å². The van der Waals surface area contributed by atoms with Crippen molar-refractivity contribution in [3.8, 4) is 0 Å². The van der Waals surface area contributed by atoms with Gasteiger partial charge in [-0.1, -0.05) is 0 Å². The van der Waals surface area contributed by atoms with Gasteiger partial charge >= 0.3 is 0 Å². The van der Waals surface area contributed by atoms with Crippen LogP contribution in [0.15, 0.2) is 48.5 Å². The average molecular weight is 386 g/mol. The molecule has 0 saturated carbocycles. The highest BCUT2D eigenvalue weighted by Crippen LogP contribution is 2.22. The smallest absolute Gasteiger partial charge is 0.269 e. The summed E-state index contributed by atoms with van der Waals surface area (Å²) < 4.78 is 12.9. The van der Waals surface area contributed by atoms with E-state index >= 15 is 0 Å². The maximum absolute atomic E-state index is 12.9. The first-order valence-electron chi connectivity index (χ1n) is 8.78. The summed E-state index contributed by atoms with van der Waals surface area (Å²) in [6, 6.07) is 11.1. The molecule has 0 bridgehead atoms. The number of non-ortho nitro benzene ring substituents is 1. The lowest BCUT2D eigenvalue weighted by Crippen LogP contribution is -2.64. The predicted molar refractivity (Wildman–Crippen MR) is 102 cm³/mol. The Morgan fingerprint density at radius 2 is 1.86 bits per heavy atom. The number of benzene rings is 2. The second-order valence-electron chi connectivity index (χ2n) is 6.38. The zero-order valence-corrected chi connectivity index (χ0v) is 14.9. The first-order chi connectivity index (χ1) is 13.4. The summed E-state index contributed by atoms with van der Waals surface area (Å²) in [5, 5.41) is 16.4. The van der Waals surface area contributed by atoms with Gasteiger partial charge in [-0.25, -0.2) is 4.39 Å². The Morgan fingerprint density at radius 3 is 2.46 bits per heavy atom. The number of amides is 2. The number of carbonyl (C=O) groups excluding carboxylic acids is 2. The van der Waals surface area contributed by atoms with Crippen molar-refractivity contribution in [1.29, 1.82) is 0 Å². The van der Waals surface area contributed by atoms with E-state index in [1.165, 1.54) is 41.3 Å². The average Bonchev–Trinajstić information content (AvgIpc) is 2.69. The van der Waals surface area contributed by atoms with Gasteiger partial charge in [-0.2, -0.15) is 0 Å². The quantitative estimate of drug-likeness (QED) is 0.314. The molecule has 3 rings (SSSR count). The van der Waals surface area contributed by atoms with Gasteiger partial charge < -0.3 is 15.5 Å².